The van der Waals surface area contributed by atoms with Crippen LogP contribution in [0.3, 0.4) is 0 Å². The highest BCUT2D eigenvalue weighted by Crippen LogP contribution is 2.44. The van der Waals surface area contributed by atoms with Crippen LogP contribution in [0.5, 0.6) is 5.75 Å². The van der Waals surface area contributed by atoms with Gasteiger partial charge in [-0.2, -0.15) is 15.6 Å². The largest absolute Gasteiger partial charge is 0.454 e. The number of ether oxygens (including phenoxy) is 1. The van der Waals surface area contributed by atoms with Crippen LogP contribution in [0.4, 0.5) is 0 Å². The molecule has 1 heterocycles. The Morgan fingerprint density at radius 2 is 2.08 bits per heavy atom. The Morgan fingerprint density at radius 3 is 2.54 bits per heavy atom. The standard InChI is InChI=1S/C19H25N3O.C2H3N/c1-6-8-14(3)11-16(7-2)23-17-12-22(19(4,5)13-20)21-18(17)15-9-10-15;1-2-3/h7-8,11-12,15H,2,6,9-10H2,1,3-5H3;1H3/b14-8-,16-11+;. The van der Waals surface area contributed by atoms with E-state index >= 15 is 0 Å². The quantitative estimate of drug-likeness (QED) is 0.489. The van der Waals surface area contributed by atoms with Crippen LogP contribution in [0.1, 0.15) is 65.5 Å². The zero-order valence-corrected chi connectivity index (χ0v) is 16.4. The molecule has 1 saturated carbocycles. The van der Waals surface area contributed by atoms with E-state index in [4.69, 9.17) is 10.00 Å². The summed E-state index contributed by atoms with van der Waals surface area (Å²) in [6.07, 6.45) is 10.9. The summed E-state index contributed by atoms with van der Waals surface area (Å²) >= 11 is 0. The number of hydrogen-bond acceptors (Lipinski definition) is 4. The predicted octanol–water partition coefficient (Wildman–Crippen LogP) is 5.35. The van der Waals surface area contributed by atoms with Gasteiger partial charge >= 0.3 is 0 Å². The van der Waals surface area contributed by atoms with Crippen molar-refractivity contribution in [3.05, 3.63) is 48.0 Å². The summed E-state index contributed by atoms with van der Waals surface area (Å²) in [5, 5.41) is 21.3. The van der Waals surface area contributed by atoms with Crippen molar-refractivity contribution in [2.24, 2.45) is 0 Å². The minimum Gasteiger partial charge on any atom is -0.454 e. The molecule has 26 heavy (non-hydrogen) atoms. The molecule has 2 rings (SSSR count). The van der Waals surface area contributed by atoms with Crippen LogP contribution in [0, 0.1) is 22.7 Å². The Hall–Kier alpha value is -2.79. The molecule has 1 aliphatic rings. The normalized spacial score (nSPS) is 14.6. The lowest BCUT2D eigenvalue weighted by Crippen LogP contribution is -2.24. The van der Waals surface area contributed by atoms with Gasteiger partial charge in [-0.05, 0) is 52.2 Å². The molecule has 138 valence electrons. The summed E-state index contributed by atoms with van der Waals surface area (Å²) in [6.45, 7) is 13.1. The molecule has 0 amide bonds. The summed E-state index contributed by atoms with van der Waals surface area (Å²) in [4.78, 5) is 0. The summed E-state index contributed by atoms with van der Waals surface area (Å²) < 4.78 is 7.74. The van der Waals surface area contributed by atoms with Crippen molar-refractivity contribution in [3.8, 4) is 17.9 Å². The third kappa shape index (κ3) is 5.93. The minimum atomic E-state index is -0.693. The summed E-state index contributed by atoms with van der Waals surface area (Å²) in [5.74, 6) is 1.87. The Balaban J connectivity index is 0.00000105. The zero-order chi connectivity index (χ0) is 19.7. The predicted molar refractivity (Wildman–Crippen MR) is 103 cm³/mol. The molecule has 5 nitrogen and oxygen atoms in total. The molecular formula is C21H28N4O. The van der Waals surface area contributed by atoms with Gasteiger partial charge in [-0.3, -0.25) is 0 Å². The van der Waals surface area contributed by atoms with Gasteiger partial charge in [0.05, 0.1) is 18.3 Å². The highest BCUT2D eigenvalue weighted by atomic mass is 16.5. The van der Waals surface area contributed by atoms with Crippen molar-refractivity contribution >= 4 is 0 Å². The number of hydrogen-bond donors (Lipinski definition) is 0. The Kier molecular flexibility index (Phi) is 7.87. The third-order valence-electron chi connectivity index (χ3n) is 3.84. The second kappa shape index (κ2) is 9.63. The average molecular weight is 352 g/mol. The molecule has 0 bridgehead atoms. The second-order valence-corrected chi connectivity index (χ2v) is 6.70. The van der Waals surface area contributed by atoms with Gasteiger partial charge in [-0.25, -0.2) is 4.68 Å². The monoisotopic (exact) mass is 352 g/mol. The van der Waals surface area contributed by atoms with Crippen LogP contribution in [-0.2, 0) is 5.54 Å². The fraction of sp³-hybridized carbons (Fsp3) is 0.476. The van der Waals surface area contributed by atoms with Crippen LogP contribution in [0.25, 0.3) is 0 Å². The van der Waals surface area contributed by atoms with E-state index in [0.29, 0.717) is 11.7 Å². The molecule has 1 aliphatic carbocycles. The SMILES string of the molecule is C=C/C(=C\C(C)=C/CC)Oc1cn(C(C)(C)C#N)nc1C1CC1.CC#N. The minimum absolute atomic E-state index is 0.444. The maximum Gasteiger partial charge on any atom is 0.168 e. The van der Waals surface area contributed by atoms with Gasteiger partial charge in [0.15, 0.2) is 5.75 Å². The molecule has 0 spiro atoms. The van der Waals surface area contributed by atoms with Crippen LogP contribution >= 0.6 is 0 Å². The summed E-state index contributed by atoms with van der Waals surface area (Å²) in [7, 11) is 0. The van der Waals surface area contributed by atoms with E-state index in [1.807, 2.05) is 33.0 Å². The van der Waals surface area contributed by atoms with Gasteiger partial charge in [-0.1, -0.05) is 25.2 Å². The average Bonchev–Trinajstić information content (AvgIpc) is 3.35. The van der Waals surface area contributed by atoms with Crippen LogP contribution < -0.4 is 4.74 Å². The fourth-order valence-electron chi connectivity index (χ4n) is 2.29. The lowest BCUT2D eigenvalue weighted by Gasteiger charge is -2.15. The summed E-state index contributed by atoms with van der Waals surface area (Å²) in [6, 6.07) is 4.02. The van der Waals surface area contributed by atoms with E-state index in [2.05, 4.69) is 30.7 Å². The maximum atomic E-state index is 9.32. The highest BCUT2D eigenvalue weighted by molar-refractivity contribution is 5.36. The Morgan fingerprint density at radius 1 is 1.46 bits per heavy atom. The van der Waals surface area contributed by atoms with E-state index in [0.717, 1.165) is 36.3 Å². The van der Waals surface area contributed by atoms with Crippen LogP contribution in [0.15, 0.2) is 42.3 Å². The topological polar surface area (TPSA) is 74.6 Å². The number of nitriles is 2. The van der Waals surface area contributed by atoms with Crippen LogP contribution in [-0.4, -0.2) is 9.78 Å². The lowest BCUT2D eigenvalue weighted by molar-refractivity contribution is 0.409. The van der Waals surface area contributed by atoms with Crippen molar-refractivity contribution in [1.29, 1.82) is 10.5 Å². The first-order valence-electron chi connectivity index (χ1n) is 8.83. The molecule has 5 heteroatoms. The fourth-order valence-corrected chi connectivity index (χ4v) is 2.29. The number of aromatic nitrogens is 2. The Labute approximate surface area is 156 Å². The van der Waals surface area contributed by atoms with Crippen molar-refractivity contribution in [1.82, 2.24) is 9.78 Å². The van der Waals surface area contributed by atoms with Crippen molar-refractivity contribution in [2.45, 2.75) is 65.3 Å². The van der Waals surface area contributed by atoms with Gasteiger partial charge in [-0.15, -0.1) is 0 Å². The van der Waals surface area contributed by atoms with E-state index < -0.39 is 5.54 Å². The molecule has 0 radical (unpaired) electrons. The first kappa shape index (κ1) is 21.3. The van der Waals surface area contributed by atoms with E-state index in [1.165, 1.54) is 6.92 Å². The molecule has 0 unspecified atom stereocenters. The van der Waals surface area contributed by atoms with Gasteiger partial charge < -0.3 is 4.74 Å². The van der Waals surface area contributed by atoms with E-state index in [9.17, 15) is 5.26 Å². The number of nitrogens with zero attached hydrogens (tertiary/aromatic N) is 4. The first-order chi connectivity index (χ1) is 12.3. The van der Waals surface area contributed by atoms with E-state index in [1.54, 1.807) is 16.8 Å². The van der Waals surface area contributed by atoms with Crippen LogP contribution in [0.2, 0.25) is 0 Å². The maximum absolute atomic E-state index is 9.32. The lowest BCUT2D eigenvalue weighted by atomic mass is 10.1. The molecule has 0 aliphatic heterocycles. The van der Waals surface area contributed by atoms with Crippen molar-refractivity contribution < 1.29 is 4.74 Å². The van der Waals surface area contributed by atoms with Gasteiger partial charge in [0.2, 0.25) is 0 Å². The second-order valence-electron chi connectivity index (χ2n) is 6.70. The Bertz CT molecular complexity index is 765. The van der Waals surface area contributed by atoms with Gasteiger partial charge in [0.1, 0.15) is 17.0 Å². The smallest absolute Gasteiger partial charge is 0.168 e. The zero-order valence-electron chi connectivity index (χ0n) is 16.4. The summed E-state index contributed by atoms with van der Waals surface area (Å²) in [5.41, 5.74) is 1.39. The van der Waals surface area contributed by atoms with Crippen molar-refractivity contribution in [3.63, 3.8) is 0 Å². The molecule has 1 aromatic rings. The number of allylic oxidation sites excluding steroid dienone is 4. The first-order valence-corrected chi connectivity index (χ1v) is 8.83. The molecule has 0 aromatic carbocycles. The molecular weight excluding hydrogens is 324 g/mol. The van der Waals surface area contributed by atoms with E-state index in [-0.39, 0.29) is 0 Å². The molecule has 1 fully saturated rings. The van der Waals surface area contributed by atoms with Crippen molar-refractivity contribution in [2.75, 3.05) is 0 Å². The molecule has 0 saturated heterocycles. The molecule has 0 N–H and O–H groups in total. The van der Waals surface area contributed by atoms with Gasteiger partial charge in [0.25, 0.3) is 0 Å². The highest BCUT2D eigenvalue weighted by Gasteiger charge is 2.33. The number of rotatable bonds is 7. The van der Waals surface area contributed by atoms with Gasteiger partial charge in [0, 0.05) is 12.8 Å². The molecule has 0 atom stereocenters. The molecule has 1 aromatic heterocycles. The third-order valence-corrected chi connectivity index (χ3v) is 3.84.